The third kappa shape index (κ3) is 10.2. The zero-order valence-corrected chi connectivity index (χ0v) is 16.7. The van der Waals surface area contributed by atoms with Crippen LogP contribution < -0.4 is 5.73 Å². The lowest BCUT2D eigenvalue weighted by atomic mass is 9.93. The summed E-state index contributed by atoms with van der Waals surface area (Å²) in [6.07, 6.45) is 11.1. The number of nitrogens with two attached hydrogens (primary N) is 1. The molecule has 0 aromatic heterocycles. The van der Waals surface area contributed by atoms with E-state index in [1.54, 1.807) is 0 Å². The molecule has 1 aromatic rings. The van der Waals surface area contributed by atoms with Gasteiger partial charge in [-0.15, -0.1) is 0 Å². The molecule has 0 heterocycles. The van der Waals surface area contributed by atoms with Crippen LogP contribution in [0.4, 0.5) is 0 Å². The number of aliphatic hydroxyl groups excluding tert-OH is 1. The molecule has 0 radical (unpaired) electrons. The summed E-state index contributed by atoms with van der Waals surface area (Å²) in [5.41, 5.74) is 7.32. The summed E-state index contributed by atoms with van der Waals surface area (Å²) in [5.74, 6) is 0.771. The average molecular weight is 383 g/mol. The van der Waals surface area contributed by atoms with Crippen molar-refractivity contribution in [2.75, 3.05) is 6.61 Å². The van der Waals surface area contributed by atoms with E-state index in [2.05, 4.69) is 31.2 Å². The quantitative estimate of drug-likeness (QED) is 0.305. The fourth-order valence-corrected chi connectivity index (χ4v) is 3.31. The number of hydrogen-bond donors (Lipinski definition) is 4. The first-order valence-electron chi connectivity index (χ1n) is 9.51. The average Bonchev–Trinajstić information content (AvgIpc) is 2.61. The summed E-state index contributed by atoms with van der Waals surface area (Å²) < 4.78 is 10.9. The second-order valence-electron chi connectivity index (χ2n) is 7.13. The highest BCUT2D eigenvalue weighted by atomic mass is 31.2. The zero-order chi connectivity index (χ0) is 19.5. The van der Waals surface area contributed by atoms with Crippen LogP contribution in [0.1, 0.15) is 63.0 Å². The van der Waals surface area contributed by atoms with E-state index < -0.39 is 13.1 Å². The second kappa shape index (κ2) is 11.7. The molecular formula is C20H34NO4P. The molecule has 0 saturated carbocycles. The lowest BCUT2D eigenvalue weighted by Gasteiger charge is -2.23. The van der Waals surface area contributed by atoms with Crippen LogP contribution in [-0.2, 0) is 17.4 Å². The van der Waals surface area contributed by atoms with Gasteiger partial charge >= 0.3 is 7.60 Å². The normalized spacial score (nSPS) is 14.7. The fraction of sp³-hybridized carbons (Fsp3) is 0.600. The molecule has 5 nitrogen and oxygen atoms in total. The molecule has 1 atom stereocenters. The molecule has 0 fully saturated rings. The van der Waals surface area contributed by atoms with Crippen LogP contribution in [0, 0.1) is 0 Å². The van der Waals surface area contributed by atoms with Crippen LogP contribution in [0.3, 0.4) is 0 Å². The Morgan fingerprint density at radius 3 is 2.08 bits per heavy atom. The first-order valence-corrected chi connectivity index (χ1v) is 11.2. The van der Waals surface area contributed by atoms with E-state index in [-0.39, 0.29) is 6.61 Å². The number of rotatable bonds is 13. The molecule has 148 valence electrons. The van der Waals surface area contributed by atoms with Gasteiger partial charge < -0.3 is 20.6 Å². The number of aliphatic hydroxyl groups is 1. The van der Waals surface area contributed by atoms with Crippen molar-refractivity contribution in [2.24, 2.45) is 5.73 Å². The van der Waals surface area contributed by atoms with Crippen LogP contribution in [0.5, 0.6) is 0 Å². The van der Waals surface area contributed by atoms with Gasteiger partial charge in [-0.3, -0.25) is 4.57 Å². The summed E-state index contributed by atoms with van der Waals surface area (Å²) in [7, 11) is -4.27. The molecule has 0 aliphatic heterocycles. The number of hydrogen-bond acceptors (Lipinski definition) is 3. The van der Waals surface area contributed by atoms with Gasteiger partial charge in [0.15, 0.2) is 0 Å². The molecule has 6 heteroatoms. The van der Waals surface area contributed by atoms with Gasteiger partial charge in [-0.05, 0) is 36.8 Å². The highest BCUT2D eigenvalue weighted by Crippen LogP contribution is 2.37. The molecule has 1 rings (SSSR count). The first-order chi connectivity index (χ1) is 12.3. The highest BCUT2D eigenvalue weighted by molar-refractivity contribution is 7.55. The molecule has 0 aliphatic rings. The zero-order valence-electron chi connectivity index (χ0n) is 15.8. The molecule has 0 bridgehead atoms. The lowest BCUT2D eigenvalue weighted by molar-refractivity contribution is 0.219. The smallest absolute Gasteiger partial charge is 0.348 e. The van der Waals surface area contributed by atoms with E-state index in [4.69, 9.17) is 15.5 Å². The van der Waals surface area contributed by atoms with Crippen LogP contribution in [0.25, 0.3) is 0 Å². The Morgan fingerprint density at radius 2 is 1.54 bits per heavy atom. The summed E-state index contributed by atoms with van der Waals surface area (Å²) in [6.45, 7) is 1.87. The standard InChI is InChI=1S/C20H34NO4P/c1-2-3-4-5-6-7-8-18-9-11-19(12-10-18)13-14-20(21,17-22)15-16-26(23,24)25/h9-12,15-16,22H,2-8,13-14,17,21H2,1H3,(H2,23,24,25)/b16-15+/t20-/m1/s1. The van der Waals surface area contributed by atoms with Gasteiger partial charge in [0.25, 0.3) is 0 Å². The van der Waals surface area contributed by atoms with Crippen molar-refractivity contribution in [3.8, 4) is 0 Å². The maximum absolute atomic E-state index is 10.9. The largest absolute Gasteiger partial charge is 0.394 e. The van der Waals surface area contributed by atoms with Crippen molar-refractivity contribution in [1.82, 2.24) is 0 Å². The van der Waals surface area contributed by atoms with Crippen molar-refractivity contribution in [2.45, 2.75) is 70.3 Å². The lowest BCUT2D eigenvalue weighted by Crippen LogP contribution is -2.42. The van der Waals surface area contributed by atoms with Gasteiger partial charge in [-0.2, -0.15) is 0 Å². The Morgan fingerprint density at radius 1 is 1.00 bits per heavy atom. The van der Waals surface area contributed by atoms with Crippen LogP contribution in [-0.4, -0.2) is 27.0 Å². The summed E-state index contributed by atoms with van der Waals surface area (Å²) in [5, 5.41) is 9.45. The molecule has 0 amide bonds. The maximum atomic E-state index is 10.9. The maximum Gasteiger partial charge on any atom is 0.348 e. The molecular weight excluding hydrogens is 349 g/mol. The Bertz CT molecular complexity index is 582. The minimum Gasteiger partial charge on any atom is -0.394 e. The molecule has 1 aromatic carbocycles. The van der Waals surface area contributed by atoms with E-state index in [1.807, 2.05) is 0 Å². The van der Waals surface area contributed by atoms with E-state index in [0.717, 1.165) is 17.8 Å². The summed E-state index contributed by atoms with van der Waals surface area (Å²) in [4.78, 5) is 17.8. The molecule has 0 unspecified atom stereocenters. The van der Waals surface area contributed by atoms with Crippen molar-refractivity contribution < 1.29 is 19.5 Å². The summed E-state index contributed by atoms with van der Waals surface area (Å²) >= 11 is 0. The Hall–Kier alpha value is -0.970. The molecule has 5 N–H and O–H groups in total. The molecule has 26 heavy (non-hydrogen) atoms. The minimum atomic E-state index is -4.27. The van der Waals surface area contributed by atoms with Gasteiger partial charge in [0.1, 0.15) is 0 Å². The number of aryl methyl sites for hydroxylation is 2. The first kappa shape index (κ1) is 23.1. The fourth-order valence-electron chi connectivity index (χ4n) is 2.82. The number of unbranched alkanes of at least 4 members (excludes halogenated alkanes) is 5. The second-order valence-corrected chi connectivity index (χ2v) is 8.61. The van der Waals surface area contributed by atoms with Crippen molar-refractivity contribution in [1.29, 1.82) is 0 Å². The Balaban J connectivity index is 2.43. The van der Waals surface area contributed by atoms with Crippen molar-refractivity contribution in [3.05, 3.63) is 47.3 Å². The van der Waals surface area contributed by atoms with Crippen molar-refractivity contribution >= 4 is 7.60 Å². The third-order valence-electron chi connectivity index (χ3n) is 4.62. The van der Waals surface area contributed by atoms with E-state index in [9.17, 15) is 9.67 Å². The predicted octanol–water partition coefficient (Wildman–Crippen LogP) is 3.90. The van der Waals surface area contributed by atoms with Crippen LogP contribution >= 0.6 is 7.60 Å². The number of benzene rings is 1. The molecule has 0 aliphatic carbocycles. The van der Waals surface area contributed by atoms with Crippen LogP contribution in [0.2, 0.25) is 0 Å². The van der Waals surface area contributed by atoms with Crippen molar-refractivity contribution in [3.63, 3.8) is 0 Å². The van der Waals surface area contributed by atoms with E-state index in [0.29, 0.717) is 12.8 Å². The van der Waals surface area contributed by atoms with Crippen LogP contribution in [0.15, 0.2) is 36.2 Å². The highest BCUT2D eigenvalue weighted by Gasteiger charge is 2.22. The molecule has 0 saturated heterocycles. The summed E-state index contributed by atoms with van der Waals surface area (Å²) in [6, 6.07) is 8.39. The molecule has 0 spiro atoms. The Labute approximate surface area is 157 Å². The third-order valence-corrected chi connectivity index (χ3v) is 5.15. The minimum absolute atomic E-state index is 0.361. The topological polar surface area (TPSA) is 104 Å². The predicted molar refractivity (Wildman–Crippen MR) is 107 cm³/mol. The van der Waals surface area contributed by atoms with Gasteiger partial charge in [-0.25, -0.2) is 0 Å². The van der Waals surface area contributed by atoms with Gasteiger partial charge in [0, 0.05) is 5.82 Å². The monoisotopic (exact) mass is 383 g/mol. The van der Waals surface area contributed by atoms with Gasteiger partial charge in [0.2, 0.25) is 0 Å². The van der Waals surface area contributed by atoms with E-state index in [1.165, 1.54) is 50.2 Å². The van der Waals surface area contributed by atoms with Gasteiger partial charge in [-0.1, -0.05) is 69.4 Å². The SMILES string of the molecule is CCCCCCCCc1ccc(CC[C@@](N)(/C=C/P(=O)(O)O)CO)cc1. The van der Waals surface area contributed by atoms with Gasteiger partial charge in [0.05, 0.1) is 12.1 Å². The van der Waals surface area contributed by atoms with E-state index >= 15 is 0 Å². The Kier molecular flexibility index (Phi) is 10.4.